The van der Waals surface area contributed by atoms with E-state index in [2.05, 4.69) is 10.6 Å². The molecule has 86 valence electrons. The molecule has 1 aliphatic heterocycles. The van der Waals surface area contributed by atoms with Crippen LogP contribution >= 0.6 is 0 Å². The highest BCUT2D eigenvalue weighted by Crippen LogP contribution is 2.36. The minimum absolute atomic E-state index is 0.125. The second-order valence-corrected chi connectivity index (χ2v) is 4.67. The molecule has 0 radical (unpaired) electrons. The first-order valence-corrected chi connectivity index (χ1v) is 5.76. The van der Waals surface area contributed by atoms with Crippen molar-refractivity contribution in [3.63, 3.8) is 0 Å². The fraction of sp³-hybridized carbons (Fsp3) is 0.909. The lowest BCUT2D eigenvalue weighted by Gasteiger charge is -2.20. The Labute approximate surface area is 90.8 Å². The zero-order valence-electron chi connectivity index (χ0n) is 9.45. The molecule has 0 aromatic rings. The molecular weight excluding hydrogens is 192 g/mol. The highest BCUT2D eigenvalue weighted by molar-refractivity contribution is 5.79. The van der Waals surface area contributed by atoms with Gasteiger partial charge in [-0.15, -0.1) is 0 Å². The van der Waals surface area contributed by atoms with Gasteiger partial charge in [0.2, 0.25) is 5.91 Å². The Morgan fingerprint density at radius 2 is 2.20 bits per heavy atom. The highest BCUT2D eigenvalue weighted by atomic mass is 16.5. The number of hydrogen-bond acceptors (Lipinski definition) is 3. The van der Waals surface area contributed by atoms with Crippen LogP contribution in [0.2, 0.25) is 0 Å². The molecule has 0 aromatic carbocycles. The summed E-state index contributed by atoms with van der Waals surface area (Å²) in [4.78, 5) is 11.8. The zero-order chi connectivity index (χ0) is 10.8. The average Bonchev–Trinajstić information content (AvgIpc) is 2.99. The largest absolute Gasteiger partial charge is 0.378 e. The molecule has 2 fully saturated rings. The van der Waals surface area contributed by atoms with E-state index in [0.29, 0.717) is 5.92 Å². The average molecular weight is 212 g/mol. The first-order valence-electron chi connectivity index (χ1n) is 5.76. The van der Waals surface area contributed by atoms with Gasteiger partial charge in [0.05, 0.1) is 12.1 Å². The van der Waals surface area contributed by atoms with Crippen LogP contribution in [0.3, 0.4) is 0 Å². The van der Waals surface area contributed by atoms with Gasteiger partial charge in [-0.1, -0.05) is 6.92 Å². The Hall–Kier alpha value is -0.610. The maximum Gasteiger partial charge on any atom is 0.223 e. The van der Waals surface area contributed by atoms with Crippen LogP contribution in [-0.4, -0.2) is 38.3 Å². The van der Waals surface area contributed by atoms with E-state index in [4.69, 9.17) is 4.74 Å². The third-order valence-corrected chi connectivity index (χ3v) is 3.53. The van der Waals surface area contributed by atoms with Gasteiger partial charge in [-0.2, -0.15) is 0 Å². The topological polar surface area (TPSA) is 50.4 Å². The van der Waals surface area contributed by atoms with Crippen molar-refractivity contribution < 1.29 is 9.53 Å². The van der Waals surface area contributed by atoms with E-state index in [9.17, 15) is 4.79 Å². The van der Waals surface area contributed by atoms with Gasteiger partial charge in [0.25, 0.3) is 0 Å². The molecule has 1 heterocycles. The number of ether oxygens (including phenoxy) is 1. The molecule has 4 heteroatoms. The molecule has 1 aliphatic carbocycles. The van der Waals surface area contributed by atoms with Gasteiger partial charge in [0.15, 0.2) is 0 Å². The Bertz CT molecular complexity index is 241. The maximum absolute atomic E-state index is 11.8. The van der Waals surface area contributed by atoms with Crippen LogP contribution in [-0.2, 0) is 9.53 Å². The highest BCUT2D eigenvalue weighted by Gasteiger charge is 2.35. The van der Waals surface area contributed by atoms with Crippen LogP contribution in [0.1, 0.15) is 19.8 Å². The molecule has 4 nitrogen and oxygen atoms in total. The number of amides is 1. The summed E-state index contributed by atoms with van der Waals surface area (Å²) >= 11 is 0. The Morgan fingerprint density at radius 3 is 2.80 bits per heavy atom. The van der Waals surface area contributed by atoms with Crippen molar-refractivity contribution in [1.82, 2.24) is 10.6 Å². The van der Waals surface area contributed by atoms with Crippen molar-refractivity contribution in [2.75, 3.05) is 20.2 Å². The molecule has 1 saturated carbocycles. The van der Waals surface area contributed by atoms with Crippen LogP contribution < -0.4 is 10.6 Å². The molecule has 0 bridgehead atoms. The standard InChI is InChI=1S/C11H20N2O2/c1-7(8-3-4-8)11(14)13-9-5-12-6-10(9)15-2/h7-10,12H,3-6H2,1-2H3,(H,13,14)/t7?,9?,10-/m0/s1. The van der Waals surface area contributed by atoms with Crippen LogP contribution in [0, 0.1) is 11.8 Å². The summed E-state index contributed by atoms with van der Waals surface area (Å²) in [5.41, 5.74) is 0. The van der Waals surface area contributed by atoms with Crippen molar-refractivity contribution in [3.05, 3.63) is 0 Å². The van der Waals surface area contributed by atoms with E-state index in [1.807, 2.05) is 6.92 Å². The molecule has 2 rings (SSSR count). The number of hydrogen-bond donors (Lipinski definition) is 2. The van der Waals surface area contributed by atoms with E-state index in [1.54, 1.807) is 7.11 Å². The van der Waals surface area contributed by atoms with E-state index >= 15 is 0 Å². The van der Waals surface area contributed by atoms with E-state index in [1.165, 1.54) is 12.8 Å². The number of carbonyl (C=O) groups is 1. The van der Waals surface area contributed by atoms with Crippen LogP contribution in [0.15, 0.2) is 0 Å². The summed E-state index contributed by atoms with van der Waals surface area (Å²) in [6, 6.07) is 0.142. The lowest BCUT2D eigenvalue weighted by molar-refractivity contribution is -0.126. The van der Waals surface area contributed by atoms with Gasteiger partial charge in [-0.25, -0.2) is 0 Å². The van der Waals surface area contributed by atoms with Gasteiger partial charge in [0.1, 0.15) is 0 Å². The smallest absolute Gasteiger partial charge is 0.223 e. The number of methoxy groups -OCH3 is 1. The molecule has 0 spiro atoms. The zero-order valence-corrected chi connectivity index (χ0v) is 9.45. The molecule has 2 aliphatic rings. The van der Waals surface area contributed by atoms with Gasteiger partial charge >= 0.3 is 0 Å². The van der Waals surface area contributed by atoms with E-state index < -0.39 is 0 Å². The maximum atomic E-state index is 11.8. The van der Waals surface area contributed by atoms with Gasteiger partial charge < -0.3 is 15.4 Å². The van der Waals surface area contributed by atoms with Crippen molar-refractivity contribution >= 4 is 5.91 Å². The lowest BCUT2D eigenvalue weighted by Crippen LogP contribution is -2.45. The summed E-state index contributed by atoms with van der Waals surface area (Å²) in [6.45, 7) is 3.68. The van der Waals surface area contributed by atoms with E-state index in [-0.39, 0.29) is 24.0 Å². The first kappa shape index (κ1) is 10.9. The Morgan fingerprint density at radius 1 is 1.47 bits per heavy atom. The molecule has 2 unspecified atom stereocenters. The van der Waals surface area contributed by atoms with Gasteiger partial charge in [-0.3, -0.25) is 4.79 Å². The predicted molar refractivity (Wildman–Crippen MR) is 57.5 cm³/mol. The summed E-state index contributed by atoms with van der Waals surface area (Å²) in [6.07, 6.45) is 2.55. The summed E-state index contributed by atoms with van der Waals surface area (Å²) < 4.78 is 5.30. The van der Waals surface area contributed by atoms with Crippen molar-refractivity contribution in [2.45, 2.75) is 31.9 Å². The molecule has 1 amide bonds. The Balaban J connectivity index is 1.82. The second-order valence-electron chi connectivity index (χ2n) is 4.67. The van der Waals surface area contributed by atoms with Gasteiger partial charge in [0, 0.05) is 26.1 Å². The van der Waals surface area contributed by atoms with Crippen molar-refractivity contribution in [3.8, 4) is 0 Å². The molecule has 2 N–H and O–H groups in total. The van der Waals surface area contributed by atoms with Crippen LogP contribution in [0.5, 0.6) is 0 Å². The van der Waals surface area contributed by atoms with Crippen LogP contribution in [0.25, 0.3) is 0 Å². The van der Waals surface area contributed by atoms with Crippen molar-refractivity contribution in [1.29, 1.82) is 0 Å². The third-order valence-electron chi connectivity index (χ3n) is 3.53. The Kier molecular flexibility index (Phi) is 3.26. The summed E-state index contributed by atoms with van der Waals surface area (Å²) in [5.74, 6) is 0.983. The monoisotopic (exact) mass is 212 g/mol. The molecule has 1 saturated heterocycles. The van der Waals surface area contributed by atoms with Gasteiger partial charge in [-0.05, 0) is 18.8 Å². The number of rotatable bonds is 4. The normalized spacial score (nSPS) is 32.7. The molecule has 0 aromatic heterocycles. The predicted octanol–water partition coefficient (Wildman–Crippen LogP) is 0.135. The fourth-order valence-corrected chi connectivity index (χ4v) is 2.17. The second kappa shape index (κ2) is 4.49. The van der Waals surface area contributed by atoms with Crippen molar-refractivity contribution in [2.24, 2.45) is 11.8 Å². The first-order chi connectivity index (χ1) is 7.22. The molecule has 15 heavy (non-hydrogen) atoms. The minimum atomic E-state index is 0.125. The fourth-order valence-electron chi connectivity index (χ4n) is 2.17. The molecule has 3 atom stereocenters. The molecular formula is C11H20N2O2. The van der Waals surface area contributed by atoms with E-state index in [0.717, 1.165) is 13.1 Å². The summed E-state index contributed by atoms with van der Waals surface area (Å²) in [7, 11) is 1.70. The quantitative estimate of drug-likeness (QED) is 0.696. The minimum Gasteiger partial charge on any atom is -0.378 e. The number of carbonyl (C=O) groups excluding carboxylic acids is 1. The number of nitrogens with one attached hydrogen (secondary N) is 2. The van der Waals surface area contributed by atoms with Crippen LogP contribution in [0.4, 0.5) is 0 Å². The lowest BCUT2D eigenvalue weighted by atomic mass is 10.0. The summed E-state index contributed by atoms with van der Waals surface area (Å²) in [5, 5.41) is 6.30. The third kappa shape index (κ3) is 2.49. The SMILES string of the molecule is CO[C@H]1CNCC1NC(=O)C(C)C1CC1.